The van der Waals surface area contributed by atoms with Gasteiger partial charge in [-0.05, 0) is 37.6 Å². The number of nitrogens with one attached hydrogen (secondary N) is 1. The molecule has 1 heterocycles. The van der Waals surface area contributed by atoms with Crippen molar-refractivity contribution in [1.82, 2.24) is 15.1 Å². The van der Waals surface area contributed by atoms with Crippen molar-refractivity contribution < 1.29 is 4.39 Å². The Morgan fingerprint density at radius 2 is 2.05 bits per heavy atom. The Labute approximate surface area is 112 Å². The van der Waals surface area contributed by atoms with Gasteiger partial charge in [0.1, 0.15) is 5.82 Å². The molecular formula is C15H18FN3. The average Bonchev–Trinajstić information content (AvgIpc) is 3.17. The van der Waals surface area contributed by atoms with Crippen LogP contribution in [-0.4, -0.2) is 16.8 Å². The van der Waals surface area contributed by atoms with Crippen molar-refractivity contribution in [2.45, 2.75) is 31.8 Å². The number of aromatic nitrogens is 2. The molecule has 4 heteroatoms. The summed E-state index contributed by atoms with van der Waals surface area (Å²) in [4.78, 5) is 0. The van der Waals surface area contributed by atoms with Gasteiger partial charge in [0.2, 0.25) is 0 Å². The first-order valence-electron chi connectivity index (χ1n) is 6.71. The molecule has 19 heavy (non-hydrogen) atoms. The van der Waals surface area contributed by atoms with Crippen LogP contribution in [0.2, 0.25) is 0 Å². The molecule has 0 atom stereocenters. The highest BCUT2D eigenvalue weighted by Gasteiger charge is 2.29. The van der Waals surface area contributed by atoms with Crippen LogP contribution < -0.4 is 5.32 Å². The van der Waals surface area contributed by atoms with Gasteiger partial charge < -0.3 is 5.32 Å². The maximum Gasteiger partial charge on any atom is 0.123 e. The normalized spacial score (nSPS) is 14.8. The van der Waals surface area contributed by atoms with Crippen LogP contribution in [-0.2, 0) is 13.1 Å². The van der Waals surface area contributed by atoms with Crippen LogP contribution in [0.15, 0.2) is 30.5 Å². The lowest BCUT2D eigenvalue weighted by Crippen LogP contribution is -2.10. The summed E-state index contributed by atoms with van der Waals surface area (Å²) in [6.07, 6.45) is 4.46. The Kier molecular flexibility index (Phi) is 3.34. The first-order valence-corrected chi connectivity index (χ1v) is 6.71. The van der Waals surface area contributed by atoms with Crippen LogP contribution >= 0.6 is 0 Å². The number of benzene rings is 1. The molecule has 1 aliphatic carbocycles. The second-order valence-corrected chi connectivity index (χ2v) is 5.14. The van der Waals surface area contributed by atoms with Crippen LogP contribution in [0.1, 0.15) is 35.6 Å². The molecule has 100 valence electrons. The van der Waals surface area contributed by atoms with Crippen LogP contribution in [0.4, 0.5) is 4.39 Å². The van der Waals surface area contributed by atoms with E-state index in [-0.39, 0.29) is 5.82 Å². The van der Waals surface area contributed by atoms with Crippen LogP contribution in [0.5, 0.6) is 0 Å². The molecule has 0 radical (unpaired) electrons. The van der Waals surface area contributed by atoms with E-state index in [4.69, 9.17) is 0 Å². The monoisotopic (exact) mass is 259 g/mol. The van der Waals surface area contributed by atoms with Crippen molar-refractivity contribution in [2.75, 3.05) is 7.05 Å². The number of hydrogen-bond donors (Lipinski definition) is 1. The molecule has 3 nitrogen and oxygen atoms in total. The van der Waals surface area contributed by atoms with Crippen molar-refractivity contribution in [3.63, 3.8) is 0 Å². The molecule has 1 aliphatic rings. The standard InChI is InChI=1S/C15H18FN3/c1-17-8-13-9-18-19(15(13)12-4-5-12)10-11-2-6-14(16)7-3-11/h2-3,6-7,9,12,17H,4-5,8,10H2,1H3. The molecular weight excluding hydrogens is 241 g/mol. The molecule has 1 aromatic heterocycles. The third kappa shape index (κ3) is 2.68. The SMILES string of the molecule is CNCc1cnn(Cc2ccc(F)cc2)c1C1CC1. The number of halogens is 1. The highest BCUT2D eigenvalue weighted by molar-refractivity contribution is 5.27. The predicted octanol–water partition coefficient (Wildman–Crippen LogP) is 2.67. The smallest absolute Gasteiger partial charge is 0.123 e. The van der Waals surface area contributed by atoms with E-state index >= 15 is 0 Å². The lowest BCUT2D eigenvalue weighted by molar-refractivity contribution is 0.620. The summed E-state index contributed by atoms with van der Waals surface area (Å²) in [7, 11) is 1.95. The van der Waals surface area contributed by atoms with E-state index in [0.717, 1.165) is 18.7 Å². The third-order valence-corrected chi connectivity index (χ3v) is 3.54. The minimum Gasteiger partial charge on any atom is -0.316 e. The summed E-state index contributed by atoms with van der Waals surface area (Å²) < 4.78 is 15.0. The Morgan fingerprint density at radius 3 is 2.68 bits per heavy atom. The molecule has 1 aromatic carbocycles. The van der Waals surface area contributed by atoms with E-state index in [0.29, 0.717) is 5.92 Å². The van der Waals surface area contributed by atoms with E-state index in [1.54, 1.807) is 0 Å². The van der Waals surface area contributed by atoms with Crippen molar-refractivity contribution in [1.29, 1.82) is 0 Å². The van der Waals surface area contributed by atoms with Crippen LogP contribution in [0.25, 0.3) is 0 Å². The molecule has 0 bridgehead atoms. The van der Waals surface area contributed by atoms with Gasteiger partial charge in [-0.3, -0.25) is 4.68 Å². The molecule has 0 amide bonds. The topological polar surface area (TPSA) is 29.9 Å². The van der Waals surface area contributed by atoms with Gasteiger partial charge in [-0.1, -0.05) is 12.1 Å². The van der Waals surface area contributed by atoms with Crippen LogP contribution in [0, 0.1) is 5.82 Å². The second kappa shape index (κ2) is 5.13. The van der Waals surface area contributed by atoms with Crippen molar-refractivity contribution in [2.24, 2.45) is 0 Å². The second-order valence-electron chi connectivity index (χ2n) is 5.14. The zero-order chi connectivity index (χ0) is 13.2. The number of nitrogens with zero attached hydrogens (tertiary/aromatic N) is 2. The van der Waals surface area contributed by atoms with Gasteiger partial charge in [0.15, 0.2) is 0 Å². The highest BCUT2D eigenvalue weighted by Crippen LogP contribution is 2.41. The van der Waals surface area contributed by atoms with E-state index in [2.05, 4.69) is 15.1 Å². The van der Waals surface area contributed by atoms with Crippen LogP contribution in [0.3, 0.4) is 0 Å². The first kappa shape index (κ1) is 12.4. The number of hydrogen-bond acceptors (Lipinski definition) is 2. The fourth-order valence-electron chi connectivity index (χ4n) is 2.48. The summed E-state index contributed by atoms with van der Waals surface area (Å²) in [5, 5.41) is 7.69. The molecule has 1 N–H and O–H groups in total. The first-order chi connectivity index (χ1) is 9.28. The van der Waals surface area contributed by atoms with E-state index < -0.39 is 0 Å². The Hall–Kier alpha value is -1.68. The molecule has 1 fully saturated rings. The fraction of sp³-hybridized carbons (Fsp3) is 0.400. The van der Waals surface area contributed by atoms with Gasteiger partial charge in [-0.15, -0.1) is 0 Å². The summed E-state index contributed by atoms with van der Waals surface area (Å²) in [5.41, 5.74) is 3.72. The Bertz CT molecular complexity index is 555. The molecule has 2 aromatic rings. The van der Waals surface area contributed by atoms with Gasteiger partial charge in [-0.25, -0.2) is 4.39 Å². The van der Waals surface area contributed by atoms with Crippen molar-refractivity contribution in [3.8, 4) is 0 Å². The zero-order valence-electron chi connectivity index (χ0n) is 11.1. The Morgan fingerprint density at radius 1 is 1.32 bits per heavy atom. The van der Waals surface area contributed by atoms with Gasteiger partial charge >= 0.3 is 0 Å². The lowest BCUT2D eigenvalue weighted by atomic mass is 10.1. The molecule has 0 unspecified atom stereocenters. The summed E-state index contributed by atoms with van der Waals surface area (Å²) >= 11 is 0. The predicted molar refractivity (Wildman–Crippen MR) is 72.5 cm³/mol. The van der Waals surface area contributed by atoms with Gasteiger partial charge in [-0.2, -0.15) is 5.10 Å². The fourth-order valence-corrected chi connectivity index (χ4v) is 2.48. The van der Waals surface area contributed by atoms with Crippen molar-refractivity contribution in [3.05, 3.63) is 53.1 Å². The average molecular weight is 259 g/mol. The van der Waals surface area contributed by atoms with Gasteiger partial charge in [0, 0.05) is 23.7 Å². The molecule has 3 rings (SSSR count). The lowest BCUT2D eigenvalue weighted by Gasteiger charge is -2.09. The largest absolute Gasteiger partial charge is 0.316 e. The minimum atomic E-state index is -0.192. The third-order valence-electron chi connectivity index (χ3n) is 3.54. The minimum absolute atomic E-state index is 0.192. The summed E-state index contributed by atoms with van der Waals surface area (Å²) in [5.74, 6) is 0.466. The Balaban J connectivity index is 1.85. The zero-order valence-corrected chi connectivity index (χ0v) is 11.1. The maximum atomic E-state index is 12.9. The molecule has 0 aliphatic heterocycles. The van der Waals surface area contributed by atoms with Gasteiger partial charge in [0.05, 0.1) is 12.7 Å². The summed E-state index contributed by atoms with van der Waals surface area (Å²) in [6, 6.07) is 6.66. The van der Waals surface area contributed by atoms with Gasteiger partial charge in [0.25, 0.3) is 0 Å². The molecule has 0 saturated heterocycles. The van der Waals surface area contributed by atoms with E-state index in [1.165, 1.54) is 36.2 Å². The summed E-state index contributed by atoms with van der Waals surface area (Å²) in [6.45, 7) is 1.57. The van der Waals surface area contributed by atoms with E-state index in [9.17, 15) is 4.39 Å². The maximum absolute atomic E-state index is 12.9. The van der Waals surface area contributed by atoms with E-state index in [1.807, 2.05) is 25.4 Å². The highest BCUT2D eigenvalue weighted by atomic mass is 19.1. The molecule has 1 saturated carbocycles. The van der Waals surface area contributed by atoms with Crippen molar-refractivity contribution >= 4 is 0 Å². The quantitative estimate of drug-likeness (QED) is 0.894. The number of rotatable bonds is 5. The molecule has 0 spiro atoms.